The van der Waals surface area contributed by atoms with Gasteiger partial charge in [-0.15, -0.1) is 0 Å². The molecule has 2 aromatic rings. The second kappa shape index (κ2) is 12.1. The van der Waals surface area contributed by atoms with E-state index in [1.807, 2.05) is 18.2 Å². The molecule has 0 aromatic heterocycles. The summed E-state index contributed by atoms with van der Waals surface area (Å²) in [5, 5.41) is 5.34. The van der Waals surface area contributed by atoms with Gasteiger partial charge in [0.15, 0.2) is 0 Å². The summed E-state index contributed by atoms with van der Waals surface area (Å²) in [6.45, 7) is 7.44. The second-order valence-corrected chi connectivity index (χ2v) is 10.6. The Morgan fingerprint density at radius 2 is 1.82 bits per heavy atom. The van der Waals surface area contributed by atoms with Gasteiger partial charge in [0, 0.05) is 44.7 Å². The van der Waals surface area contributed by atoms with E-state index in [0.29, 0.717) is 37.9 Å². The molecule has 0 radical (unpaired) electrons. The molecule has 0 bridgehead atoms. The van der Waals surface area contributed by atoms with Gasteiger partial charge in [-0.2, -0.15) is 0 Å². The van der Waals surface area contributed by atoms with Crippen LogP contribution in [-0.2, 0) is 44.9 Å². The summed E-state index contributed by atoms with van der Waals surface area (Å²) >= 11 is 0. The first-order chi connectivity index (χ1) is 18.9. The van der Waals surface area contributed by atoms with Gasteiger partial charge in [-0.05, 0) is 60.1 Å². The number of hydrogen-bond donors (Lipinski definition) is 2. The number of morpholine rings is 1. The zero-order valence-electron chi connectivity index (χ0n) is 22.5. The highest BCUT2D eigenvalue weighted by Gasteiger charge is 2.37. The highest BCUT2D eigenvalue weighted by Crippen LogP contribution is 2.25. The van der Waals surface area contributed by atoms with Crippen molar-refractivity contribution in [1.82, 2.24) is 20.4 Å². The highest BCUT2D eigenvalue weighted by molar-refractivity contribution is 6.04. The first-order valence-corrected chi connectivity index (χ1v) is 13.8. The smallest absolute Gasteiger partial charge is 0.254 e. The Labute approximate surface area is 228 Å². The summed E-state index contributed by atoms with van der Waals surface area (Å²) in [7, 11) is 0. The van der Waals surface area contributed by atoms with Crippen LogP contribution in [0.25, 0.3) is 0 Å². The Kier molecular flexibility index (Phi) is 8.38. The molecule has 4 amide bonds. The van der Waals surface area contributed by atoms with E-state index in [-0.39, 0.29) is 24.1 Å². The van der Waals surface area contributed by atoms with Crippen LogP contribution in [0.3, 0.4) is 0 Å². The fraction of sp³-hybridized carbons (Fsp3) is 0.467. The fourth-order valence-corrected chi connectivity index (χ4v) is 5.60. The topological polar surface area (TPSA) is 108 Å². The van der Waals surface area contributed by atoms with Crippen molar-refractivity contribution >= 4 is 23.6 Å². The number of ether oxygens (including phenoxy) is 1. The summed E-state index contributed by atoms with van der Waals surface area (Å²) < 4.78 is 5.43. The van der Waals surface area contributed by atoms with Crippen LogP contribution in [-0.4, -0.2) is 78.9 Å². The zero-order valence-corrected chi connectivity index (χ0v) is 22.5. The molecule has 2 saturated heterocycles. The van der Waals surface area contributed by atoms with Crippen molar-refractivity contribution in [3.8, 4) is 0 Å². The molecular formula is C30H36N4O5. The lowest BCUT2D eigenvalue weighted by atomic mass is 9.93. The predicted molar refractivity (Wildman–Crippen MR) is 145 cm³/mol. The van der Waals surface area contributed by atoms with Gasteiger partial charge in [0.1, 0.15) is 6.04 Å². The molecule has 2 N–H and O–H groups in total. The molecule has 9 heteroatoms. The quantitative estimate of drug-likeness (QED) is 0.500. The molecule has 0 spiro atoms. The maximum Gasteiger partial charge on any atom is 0.254 e. The number of fused-ring (bicyclic) bond motifs is 1. The van der Waals surface area contributed by atoms with Gasteiger partial charge in [-0.1, -0.05) is 30.3 Å². The third-order valence-electron chi connectivity index (χ3n) is 7.94. The number of amides is 4. The van der Waals surface area contributed by atoms with Gasteiger partial charge in [-0.25, -0.2) is 0 Å². The number of benzene rings is 2. The zero-order chi connectivity index (χ0) is 27.4. The third kappa shape index (κ3) is 6.54. The van der Waals surface area contributed by atoms with E-state index in [1.165, 1.54) is 11.1 Å². The van der Waals surface area contributed by atoms with Gasteiger partial charge in [-0.3, -0.25) is 29.4 Å². The van der Waals surface area contributed by atoms with Gasteiger partial charge < -0.3 is 15.0 Å². The number of hydrogen-bond acceptors (Lipinski definition) is 6. The van der Waals surface area contributed by atoms with Crippen LogP contribution in [0.15, 0.2) is 36.4 Å². The first kappa shape index (κ1) is 27.0. The molecule has 5 rings (SSSR count). The van der Waals surface area contributed by atoms with Crippen molar-refractivity contribution in [1.29, 1.82) is 0 Å². The van der Waals surface area contributed by atoms with E-state index in [0.717, 1.165) is 56.0 Å². The Morgan fingerprint density at radius 3 is 2.62 bits per heavy atom. The van der Waals surface area contributed by atoms with Crippen molar-refractivity contribution in [2.75, 3.05) is 39.4 Å². The Hall–Kier alpha value is -3.56. The lowest BCUT2D eigenvalue weighted by Gasteiger charge is -2.36. The van der Waals surface area contributed by atoms with Crippen molar-refractivity contribution in [2.24, 2.45) is 0 Å². The van der Waals surface area contributed by atoms with Crippen LogP contribution in [0.5, 0.6) is 0 Å². The molecule has 39 heavy (non-hydrogen) atoms. The van der Waals surface area contributed by atoms with Gasteiger partial charge in [0.05, 0.1) is 19.6 Å². The SMILES string of the molecule is Cc1ccc(CC(=O)NCc2ccc3c(c2)CCN(C2CCC(=O)NC2=O)C3=O)cc1CCN1CCOCC1. The monoisotopic (exact) mass is 532 g/mol. The molecule has 0 saturated carbocycles. The summed E-state index contributed by atoms with van der Waals surface area (Å²) in [5.74, 6) is -0.930. The molecule has 0 aliphatic carbocycles. The van der Waals surface area contributed by atoms with E-state index in [1.54, 1.807) is 11.0 Å². The van der Waals surface area contributed by atoms with Crippen LogP contribution in [0, 0.1) is 6.92 Å². The third-order valence-corrected chi connectivity index (χ3v) is 7.94. The van der Waals surface area contributed by atoms with Crippen molar-refractivity contribution in [3.63, 3.8) is 0 Å². The largest absolute Gasteiger partial charge is 0.379 e. The molecular weight excluding hydrogens is 496 g/mol. The molecule has 2 fully saturated rings. The number of imide groups is 1. The predicted octanol–water partition coefficient (Wildman–Crippen LogP) is 1.53. The second-order valence-electron chi connectivity index (χ2n) is 10.6. The lowest BCUT2D eigenvalue weighted by Crippen LogP contribution is -2.55. The minimum atomic E-state index is -0.607. The van der Waals surface area contributed by atoms with Crippen LogP contribution < -0.4 is 10.6 Å². The summed E-state index contributed by atoms with van der Waals surface area (Å²) in [5.41, 5.74) is 5.94. The van der Waals surface area contributed by atoms with Crippen molar-refractivity contribution in [2.45, 2.75) is 51.6 Å². The molecule has 3 aliphatic heterocycles. The number of nitrogens with one attached hydrogen (secondary N) is 2. The lowest BCUT2D eigenvalue weighted by molar-refractivity contribution is -0.137. The van der Waals surface area contributed by atoms with Gasteiger partial charge in [0.25, 0.3) is 5.91 Å². The normalized spacial score (nSPS) is 20.0. The van der Waals surface area contributed by atoms with Crippen LogP contribution in [0.4, 0.5) is 0 Å². The van der Waals surface area contributed by atoms with Gasteiger partial charge >= 0.3 is 0 Å². The summed E-state index contributed by atoms with van der Waals surface area (Å²) in [6.07, 6.45) is 2.48. The molecule has 1 unspecified atom stereocenters. The van der Waals surface area contributed by atoms with Crippen molar-refractivity contribution < 1.29 is 23.9 Å². The highest BCUT2D eigenvalue weighted by atomic mass is 16.5. The maximum atomic E-state index is 13.1. The fourth-order valence-electron chi connectivity index (χ4n) is 5.60. The molecule has 2 aromatic carbocycles. The van der Waals surface area contributed by atoms with E-state index in [2.05, 4.69) is 34.6 Å². The summed E-state index contributed by atoms with van der Waals surface area (Å²) in [6, 6.07) is 11.2. The summed E-state index contributed by atoms with van der Waals surface area (Å²) in [4.78, 5) is 53.6. The molecule has 1 atom stereocenters. The van der Waals surface area contributed by atoms with E-state index < -0.39 is 11.9 Å². The van der Waals surface area contributed by atoms with Crippen LogP contribution in [0.1, 0.15) is 51.0 Å². The Balaban J connectivity index is 1.14. The minimum absolute atomic E-state index is 0.0455. The van der Waals surface area contributed by atoms with E-state index in [4.69, 9.17) is 4.74 Å². The molecule has 3 heterocycles. The first-order valence-electron chi connectivity index (χ1n) is 13.8. The molecule has 3 aliphatic rings. The van der Waals surface area contributed by atoms with E-state index >= 15 is 0 Å². The number of aryl methyl sites for hydroxylation is 1. The number of nitrogens with zero attached hydrogens (tertiary/aromatic N) is 2. The number of piperidine rings is 1. The number of rotatable bonds is 8. The molecule has 9 nitrogen and oxygen atoms in total. The Morgan fingerprint density at radius 1 is 1.03 bits per heavy atom. The average Bonchev–Trinajstić information content (AvgIpc) is 2.93. The maximum absolute atomic E-state index is 13.1. The Bertz CT molecular complexity index is 1270. The number of carbonyl (C=O) groups is 4. The van der Waals surface area contributed by atoms with Gasteiger partial charge in [0.2, 0.25) is 17.7 Å². The average molecular weight is 533 g/mol. The standard InChI is InChI=1S/C30H36N4O5/c1-20-2-3-21(16-23(20)8-10-33-12-14-39-15-13-33)18-28(36)31-19-22-4-5-25-24(17-22)9-11-34(30(25)38)26-6-7-27(35)32-29(26)37/h2-5,16-17,26H,6-15,18-19H2,1H3,(H,31,36)(H,32,35,37). The minimum Gasteiger partial charge on any atom is -0.379 e. The van der Waals surface area contributed by atoms with Crippen molar-refractivity contribution in [3.05, 3.63) is 69.8 Å². The molecule has 206 valence electrons. The van der Waals surface area contributed by atoms with Crippen LogP contribution in [0.2, 0.25) is 0 Å². The van der Waals surface area contributed by atoms with Crippen LogP contribution >= 0.6 is 0 Å². The number of carbonyl (C=O) groups excluding carboxylic acids is 4. The van der Waals surface area contributed by atoms with E-state index in [9.17, 15) is 19.2 Å².